The van der Waals surface area contributed by atoms with Gasteiger partial charge >= 0.3 is 0 Å². The zero-order valence-corrected chi connectivity index (χ0v) is 18.5. The number of rotatable bonds is 6. The fraction of sp³-hybridized carbons (Fsp3) is 0.700. The predicted octanol–water partition coefficient (Wildman–Crippen LogP) is 2.91. The molecule has 3 rings (SSSR count). The van der Waals surface area contributed by atoms with Crippen molar-refractivity contribution >= 4 is 36.5 Å². The average molecular weight is 433 g/mol. The van der Waals surface area contributed by atoms with Crippen molar-refractivity contribution in [1.82, 2.24) is 15.6 Å². The number of hydrogen-bond donors (Lipinski definition) is 2. The van der Waals surface area contributed by atoms with Gasteiger partial charge in [-0.1, -0.05) is 6.92 Å². The van der Waals surface area contributed by atoms with E-state index >= 15 is 0 Å². The highest BCUT2D eigenvalue weighted by Crippen LogP contribution is 2.28. The Labute approximate surface area is 181 Å². The quantitative estimate of drug-likeness (QED) is 0.722. The number of ether oxygens (including phenoxy) is 1. The second-order valence-corrected chi connectivity index (χ2v) is 7.94. The Hall–Kier alpha value is -1.08. The third-order valence-electron chi connectivity index (χ3n) is 5.86. The zero-order valence-electron chi connectivity index (χ0n) is 16.9. The van der Waals surface area contributed by atoms with Crippen LogP contribution in [0.4, 0.5) is 5.82 Å². The lowest BCUT2D eigenvalue weighted by molar-refractivity contribution is 0.0511. The minimum Gasteiger partial charge on any atom is -0.384 e. The summed E-state index contributed by atoms with van der Waals surface area (Å²) >= 11 is 0. The third kappa shape index (κ3) is 6.48. The first-order chi connectivity index (χ1) is 12.6. The Kier molecular flexibility index (Phi) is 10.5. The second-order valence-electron chi connectivity index (χ2n) is 7.94. The van der Waals surface area contributed by atoms with Gasteiger partial charge in [0.1, 0.15) is 5.82 Å². The van der Waals surface area contributed by atoms with Crippen molar-refractivity contribution in [2.75, 3.05) is 51.3 Å². The largest absolute Gasteiger partial charge is 0.384 e. The van der Waals surface area contributed by atoms with Gasteiger partial charge < -0.3 is 20.3 Å². The number of carbonyl (C=O) groups is 1. The lowest BCUT2D eigenvalue weighted by atomic mass is 9.79. The first-order valence-electron chi connectivity index (χ1n) is 9.81. The molecule has 2 aliphatic rings. The number of pyridine rings is 1. The van der Waals surface area contributed by atoms with Crippen LogP contribution in [0.25, 0.3) is 0 Å². The molecule has 28 heavy (non-hydrogen) atoms. The molecule has 0 atom stereocenters. The highest BCUT2D eigenvalue weighted by molar-refractivity contribution is 5.94. The number of halogens is 2. The van der Waals surface area contributed by atoms with Crippen LogP contribution in [0.1, 0.15) is 43.0 Å². The van der Waals surface area contributed by atoms with Gasteiger partial charge in [0.2, 0.25) is 0 Å². The van der Waals surface area contributed by atoms with Crippen LogP contribution in [0, 0.1) is 11.3 Å². The Balaban J connectivity index is 0.00000196. The normalized spacial score (nSPS) is 19.3. The molecule has 8 heteroatoms. The Bertz CT molecular complexity index is 581. The lowest BCUT2D eigenvalue weighted by Gasteiger charge is -2.37. The van der Waals surface area contributed by atoms with Crippen LogP contribution in [0.3, 0.4) is 0 Å². The molecule has 2 fully saturated rings. The molecule has 3 heterocycles. The van der Waals surface area contributed by atoms with E-state index in [9.17, 15) is 4.79 Å². The molecule has 0 saturated carbocycles. The van der Waals surface area contributed by atoms with Crippen molar-refractivity contribution < 1.29 is 9.53 Å². The van der Waals surface area contributed by atoms with E-state index in [1.807, 2.05) is 12.1 Å². The molecule has 0 radical (unpaired) electrons. The van der Waals surface area contributed by atoms with E-state index in [2.05, 4.69) is 27.4 Å². The number of amides is 1. The van der Waals surface area contributed by atoms with E-state index in [1.54, 1.807) is 13.3 Å². The lowest BCUT2D eigenvalue weighted by Crippen LogP contribution is -2.47. The number of carbonyl (C=O) groups excluding carboxylic acids is 1. The molecule has 1 aromatic heterocycles. The molecule has 0 bridgehead atoms. The van der Waals surface area contributed by atoms with Crippen molar-refractivity contribution in [3.05, 3.63) is 23.9 Å². The number of hydrogen-bond acceptors (Lipinski definition) is 5. The highest BCUT2D eigenvalue weighted by Gasteiger charge is 2.32. The van der Waals surface area contributed by atoms with Crippen molar-refractivity contribution in [2.45, 2.75) is 32.6 Å². The fourth-order valence-corrected chi connectivity index (χ4v) is 3.95. The van der Waals surface area contributed by atoms with Crippen LogP contribution in [0.2, 0.25) is 0 Å². The summed E-state index contributed by atoms with van der Waals surface area (Å²) in [4.78, 5) is 19.4. The van der Waals surface area contributed by atoms with E-state index in [4.69, 9.17) is 4.74 Å². The minimum absolute atomic E-state index is 0. The van der Waals surface area contributed by atoms with Gasteiger partial charge in [-0.05, 0) is 56.8 Å². The molecule has 1 aromatic rings. The molecule has 2 N–H and O–H groups in total. The van der Waals surface area contributed by atoms with Crippen molar-refractivity contribution in [2.24, 2.45) is 11.3 Å². The SMILES string of the molecule is COCC1(CNC(=O)c2ccc(N3CCC(C)CC3)nc2)CCNCC1.Cl.Cl. The Morgan fingerprint density at radius 1 is 1.29 bits per heavy atom. The smallest absolute Gasteiger partial charge is 0.252 e. The molecule has 2 saturated heterocycles. The molecule has 0 aliphatic carbocycles. The molecule has 160 valence electrons. The number of methoxy groups -OCH3 is 1. The molecule has 0 aromatic carbocycles. The van der Waals surface area contributed by atoms with Gasteiger partial charge in [0, 0.05) is 38.4 Å². The molecule has 6 nitrogen and oxygen atoms in total. The van der Waals surface area contributed by atoms with Crippen LogP contribution in [-0.2, 0) is 4.74 Å². The second kappa shape index (κ2) is 11.8. The zero-order chi connectivity index (χ0) is 18.4. The number of nitrogens with zero attached hydrogens (tertiary/aromatic N) is 2. The van der Waals surface area contributed by atoms with E-state index in [0.717, 1.165) is 50.8 Å². The summed E-state index contributed by atoms with van der Waals surface area (Å²) in [7, 11) is 1.73. The molecule has 1 amide bonds. The van der Waals surface area contributed by atoms with E-state index in [1.165, 1.54) is 12.8 Å². The first-order valence-corrected chi connectivity index (χ1v) is 9.81. The maximum absolute atomic E-state index is 12.5. The van der Waals surface area contributed by atoms with Crippen LogP contribution in [-0.4, -0.2) is 57.3 Å². The standard InChI is InChI=1S/C20H32N4O2.2ClH/c1-16-5-11-24(12-6-16)18-4-3-17(13-22-18)19(25)23-14-20(15-26-2)7-9-21-10-8-20;;/h3-4,13,16,21H,5-12,14-15H2,1-2H3,(H,23,25);2*1H. The van der Waals surface area contributed by atoms with Crippen LogP contribution in [0.5, 0.6) is 0 Å². The fourth-order valence-electron chi connectivity index (χ4n) is 3.95. The average Bonchev–Trinajstić information content (AvgIpc) is 2.68. The van der Waals surface area contributed by atoms with Gasteiger partial charge in [-0.25, -0.2) is 4.98 Å². The summed E-state index contributed by atoms with van der Waals surface area (Å²) in [5.41, 5.74) is 0.661. The molecular weight excluding hydrogens is 399 g/mol. The van der Waals surface area contributed by atoms with Crippen LogP contribution >= 0.6 is 24.8 Å². The number of aromatic nitrogens is 1. The first kappa shape index (κ1) is 25.0. The molecular formula is C20H34Cl2N4O2. The van der Waals surface area contributed by atoms with E-state index in [0.29, 0.717) is 18.7 Å². The van der Waals surface area contributed by atoms with Gasteiger partial charge in [-0.2, -0.15) is 0 Å². The van der Waals surface area contributed by atoms with Gasteiger partial charge in [-0.15, -0.1) is 24.8 Å². The van der Waals surface area contributed by atoms with E-state index < -0.39 is 0 Å². The van der Waals surface area contributed by atoms with Crippen molar-refractivity contribution in [3.63, 3.8) is 0 Å². The van der Waals surface area contributed by atoms with Crippen LogP contribution < -0.4 is 15.5 Å². The third-order valence-corrected chi connectivity index (χ3v) is 5.86. The number of nitrogens with one attached hydrogen (secondary N) is 2. The summed E-state index contributed by atoms with van der Waals surface area (Å²) in [5.74, 6) is 1.72. The number of anilines is 1. The monoisotopic (exact) mass is 432 g/mol. The van der Waals surface area contributed by atoms with E-state index in [-0.39, 0.29) is 36.1 Å². The molecule has 0 spiro atoms. The number of piperidine rings is 2. The maximum Gasteiger partial charge on any atom is 0.252 e. The maximum atomic E-state index is 12.5. The van der Waals surface area contributed by atoms with Crippen LogP contribution in [0.15, 0.2) is 18.3 Å². The summed E-state index contributed by atoms with van der Waals surface area (Å²) in [6.45, 7) is 7.68. The van der Waals surface area contributed by atoms with Gasteiger partial charge in [0.05, 0.1) is 12.2 Å². The summed E-state index contributed by atoms with van der Waals surface area (Å²) in [6, 6.07) is 3.86. The summed E-state index contributed by atoms with van der Waals surface area (Å²) in [5, 5.41) is 6.47. The topological polar surface area (TPSA) is 66.5 Å². The minimum atomic E-state index is -0.0506. The van der Waals surface area contributed by atoms with Crippen molar-refractivity contribution in [1.29, 1.82) is 0 Å². The van der Waals surface area contributed by atoms with Crippen molar-refractivity contribution in [3.8, 4) is 0 Å². The summed E-state index contributed by atoms with van der Waals surface area (Å²) in [6.07, 6.45) is 6.16. The van der Waals surface area contributed by atoms with Gasteiger partial charge in [0.15, 0.2) is 0 Å². The molecule has 0 unspecified atom stereocenters. The van der Waals surface area contributed by atoms with Gasteiger partial charge in [-0.3, -0.25) is 4.79 Å². The highest BCUT2D eigenvalue weighted by atomic mass is 35.5. The Morgan fingerprint density at radius 2 is 1.96 bits per heavy atom. The Morgan fingerprint density at radius 3 is 2.54 bits per heavy atom. The predicted molar refractivity (Wildman–Crippen MR) is 118 cm³/mol. The van der Waals surface area contributed by atoms with Gasteiger partial charge in [0.25, 0.3) is 5.91 Å². The summed E-state index contributed by atoms with van der Waals surface area (Å²) < 4.78 is 5.42. The molecule has 2 aliphatic heterocycles.